The van der Waals surface area contributed by atoms with Crippen LogP contribution in [0, 0.1) is 57.4 Å². The van der Waals surface area contributed by atoms with E-state index in [1.165, 1.54) is 180 Å². The molecule has 0 fully saturated rings. The number of nitriles is 1. The molecule has 4 heterocycles. The van der Waals surface area contributed by atoms with Crippen molar-refractivity contribution in [1.82, 2.24) is 18.9 Å². The van der Waals surface area contributed by atoms with Gasteiger partial charge >= 0.3 is 13.7 Å². The number of nitrogens with zero attached hydrogens (tertiary/aromatic N) is 6. The second-order valence-corrected chi connectivity index (χ2v) is 33.1. The molecule has 602 valence electrons. The normalized spacial score (nSPS) is 12.6. The molecule has 8 aromatic carbocycles. The Morgan fingerprint density at radius 3 is 1.03 bits per heavy atom. The van der Waals surface area contributed by atoms with E-state index >= 15 is 0 Å². The monoisotopic (exact) mass is 1550 g/mol. The zero-order valence-electron chi connectivity index (χ0n) is 71.1. The third-order valence-electron chi connectivity index (χ3n) is 24.4. The quantitative estimate of drug-likeness (QED) is 0.0212. The first-order valence-electron chi connectivity index (χ1n) is 44.8. The summed E-state index contributed by atoms with van der Waals surface area (Å²) >= 11 is 0. The van der Waals surface area contributed by atoms with Crippen LogP contribution in [0.1, 0.15) is 267 Å². The molecule has 0 saturated heterocycles. The summed E-state index contributed by atoms with van der Waals surface area (Å²) in [6.07, 6.45) is 40.4. The molecule has 2 unspecified atom stereocenters. The van der Waals surface area contributed by atoms with Crippen molar-refractivity contribution < 1.29 is 18.3 Å². The lowest BCUT2D eigenvalue weighted by Gasteiger charge is -2.26. The van der Waals surface area contributed by atoms with Gasteiger partial charge in [0.1, 0.15) is 34.2 Å². The van der Waals surface area contributed by atoms with Crippen LogP contribution in [0.15, 0.2) is 203 Å². The third kappa shape index (κ3) is 21.6. The Hall–Kier alpha value is -10.0. The highest BCUT2D eigenvalue weighted by atomic mass is 16.5. The van der Waals surface area contributed by atoms with Crippen molar-refractivity contribution in [3.05, 3.63) is 250 Å². The zero-order valence-corrected chi connectivity index (χ0v) is 71.1. The predicted octanol–water partition coefficient (Wildman–Crippen LogP) is 25.0. The molecular formula is C104H126B2N6O4. The largest absolute Gasteiger partial charge is 0.493 e. The topological polar surface area (TPSA) is 109 Å². The number of hydrogen-bond donors (Lipinski definition) is 0. The maximum absolute atomic E-state index is 12.9. The van der Waals surface area contributed by atoms with Crippen molar-refractivity contribution in [2.45, 2.75) is 261 Å². The SMILES string of the molecule is [C-]#[N+]/C(c1nc2ccccc2o1)=c1\c2c(-c3ccc(OCC(CCCCCCCC)CCCCCCCCCC)cc3)n(B(c3ccccc3C)c3ccccc3C)/c(=C(/C#N)c3nc4ccccc4o3)c2c(-c2ccc(OCC(CCCCCCCC)CCCCCCCCCC)cc2)n1B(c1ccccc1C)c1ccccc1C. The standard InChI is InChI=1S/C104H126B2N6O4/c1-10-14-18-22-26-28-32-36-56-81(54-34-30-24-20-16-12-3)75-113-85-70-66-83(67-71-85)99-96-97(102(98(108-9)104-110-93-63-47-49-65-95(93)116-104)112(99)106(90-60-44-40-52-79(90)7)91-61-45-41-53-80(91)8)100(84-68-72-86(73-69-84)114-76-82(55-35-31-25-21-17-13-4)57-37-33-29-27-23-19-15-11-2)111(101(96)87(74-107)103-109-92-62-46-48-64-94(92)115-103)105(88-58-42-38-50-77(88)5)89-59-43-39-51-78(89)6/h38-53,58-73,81-82H,10-37,54-57,75-76H2,1-8H3/b101-87-,102-98+. The van der Waals surface area contributed by atoms with Crippen LogP contribution < -0.4 is 42.0 Å². The van der Waals surface area contributed by atoms with Gasteiger partial charge in [0.2, 0.25) is 11.8 Å². The Balaban J connectivity index is 1.17. The van der Waals surface area contributed by atoms with Gasteiger partial charge in [-0.2, -0.15) is 5.26 Å². The van der Waals surface area contributed by atoms with E-state index in [4.69, 9.17) is 33.1 Å². The summed E-state index contributed by atoms with van der Waals surface area (Å²) in [5, 5.41) is 15.4. The molecule has 2 atom stereocenters. The molecule has 0 saturated carbocycles. The van der Waals surface area contributed by atoms with Crippen LogP contribution in [-0.2, 0) is 0 Å². The molecule has 0 bridgehead atoms. The van der Waals surface area contributed by atoms with Gasteiger partial charge < -0.3 is 27.3 Å². The molecule has 10 nitrogen and oxygen atoms in total. The van der Waals surface area contributed by atoms with Gasteiger partial charge in [-0.1, -0.05) is 351 Å². The Labute approximate surface area is 694 Å². The number of fused-ring (bicyclic) bond motifs is 3. The Morgan fingerprint density at radius 2 is 0.690 bits per heavy atom. The minimum atomic E-state index is -0.609. The number of ether oxygens (including phenoxy) is 2. The van der Waals surface area contributed by atoms with Gasteiger partial charge in [-0.05, 0) is 171 Å². The van der Waals surface area contributed by atoms with Crippen LogP contribution in [-0.4, -0.2) is 45.8 Å². The average molecular weight is 1550 g/mol. The number of hydrogen-bond acceptors (Lipinski definition) is 7. The number of oxazole rings is 2. The summed E-state index contributed by atoms with van der Waals surface area (Å²) < 4.78 is 33.1. The lowest BCUT2D eigenvalue weighted by Crippen LogP contribution is -2.56. The number of benzene rings is 8. The van der Waals surface area contributed by atoms with Crippen LogP contribution in [0.25, 0.3) is 71.6 Å². The van der Waals surface area contributed by atoms with Gasteiger partial charge in [0.15, 0.2) is 11.2 Å². The Kier molecular flexibility index (Phi) is 32.6. The third-order valence-corrected chi connectivity index (χ3v) is 24.4. The minimum Gasteiger partial charge on any atom is -0.493 e. The highest BCUT2D eigenvalue weighted by molar-refractivity contribution is 6.86. The number of aromatic nitrogens is 4. The Morgan fingerprint density at radius 1 is 0.388 bits per heavy atom. The van der Waals surface area contributed by atoms with E-state index in [1.54, 1.807) is 0 Å². The van der Waals surface area contributed by atoms with Crippen molar-refractivity contribution in [2.75, 3.05) is 13.2 Å². The van der Waals surface area contributed by atoms with E-state index in [0.717, 1.165) is 115 Å². The molecule has 0 aliphatic rings. The number of aryl methyl sites for hydroxylation is 4. The molecule has 0 aliphatic heterocycles. The number of para-hydroxylation sites is 4. The number of rotatable bonds is 48. The molecule has 12 heteroatoms. The van der Waals surface area contributed by atoms with Gasteiger partial charge in [-0.25, -0.2) is 14.8 Å². The average Bonchev–Trinajstić information content (AvgIpc) is 1.52. The maximum atomic E-state index is 12.9. The molecule has 4 aromatic heterocycles. The van der Waals surface area contributed by atoms with Crippen molar-refractivity contribution in [3.8, 4) is 40.1 Å². The van der Waals surface area contributed by atoms with E-state index in [9.17, 15) is 11.8 Å². The van der Waals surface area contributed by atoms with Gasteiger partial charge in [0.05, 0.1) is 30.5 Å². The minimum absolute atomic E-state index is 0.176. The predicted molar refractivity (Wildman–Crippen MR) is 489 cm³/mol. The van der Waals surface area contributed by atoms with Crippen LogP contribution in [0.4, 0.5) is 0 Å². The summed E-state index contributed by atoms with van der Waals surface area (Å²) in [5.41, 5.74) is 14.4. The van der Waals surface area contributed by atoms with Gasteiger partial charge in [0, 0.05) is 22.2 Å². The van der Waals surface area contributed by atoms with E-state index < -0.39 is 13.7 Å². The van der Waals surface area contributed by atoms with E-state index in [1.807, 2.05) is 48.5 Å². The Bertz CT molecular complexity index is 4810. The van der Waals surface area contributed by atoms with Gasteiger partial charge in [-0.3, -0.25) is 0 Å². The molecule has 0 spiro atoms. The summed E-state index contributed by atoms with van der Waals surface area (Å²) in [6, 6.07) is 70.5. The van der Waals surface area contributed by atoms with Crippen LogP contribution in [0.5, 0.6) is 11.5 Å². The molecule has 0 radical (unpaired) electrons. The zero-order chi connectivity index (χ0) is 80.8. The lowest BCUT2D eigenvalue weighted by molar-refractivity contribution is 0.224. The second kappa shape index (κ2) is 44.3. The van der Waals surface area contributed by atoms with E-state index in [2.05, 4.69) is 216 Å². The fourth-order valence-corrected chi connectivity index (χ4v) is 17.8. The molecule has 0 amide bonds. The highest BCUT2D eigenvalue weighted by Crippen LogP contribution is 2.39. The van der Waals surface area contributed by atoms with Crippen molar-refractivity contribution in [2.24, 2.45) is 11.8 Å². The molecular weight excluding hydrogens is 1420 g/mol. The van der Waals surface area contributed by atoms with Gasteiger partial charge in [0.25, 0.3) is 5.70 Å². The van der Waals surface area contributed by atoms with Crippen LogP contribution in [0.2, 0.25) is 0 Å². The first-order chi connectivity index (χ1) is 57.1. The van der Waals surface area contributed by atoms with Gasteiger partial charge in [-0.15, -0.1) is 0 Å². The fraction of sp³-hybridized carbons (Fsp3) is 0.423. The van der Waals surface area contributed by atoms with Crippen LogP contribution >= 0.6 is 0 Å². The van der Waals surface area contributed by atoms with Crippen molar-refractivity contribution >= 4 is 79.8 Å². The van der Waals surface area contributed by atoms with Crippen LogP contribution in [0.3, 0.4) is 0 Å². The van der Waals surface area contributed by atoms with Crippen molar-refractivity contribution in [3.63, 3.8) is 0 Å². The second-order valence-electron chi connectivity index (χ2n) is 33.1. The molecule has 12 rings (SSSR count). The number of unbranched alkanes of at least 4 members (excludes halogenated alkanes) is 24. The molecule has 0 aliphatic carbocycles. The fourth-order valence-electron chi connectivity index (χ4n) is 17.8. The molecule has 116 heavy (non-hydrogen) atoms. The summed E-state index contributed by atoms with van der Waals surface area (Å²) in [5.74, 6) is 2.79. The van der Waals surface area contributed by atoms with Crippen molar-refractivity contribution in [1.29, 1.82) is 5.26 Å². The summed E-state index contributed by atoms with van der Waals surface area (Å²) in [7, 11) is 0. The summed E-state index contributed by atoms with van der Waals surface area (Å²) in [6.45, 7) is 28.0. The smallest absolute Gasteiger partial charge is 0.328 e. The first kappa shape index (κ1) is 85.3. The highest BCUT2D eigenvalue weighted by Gasteiger charge is 2.40. The van der Waals surface area contributed by atoms with E-state index in [-0.39, 0.29) is 23.1 Å². The maximum Gasteiger partial charge on any atom is 0.328 e. The first-order valence-corrected chi connectivity index (χ1v) is 44.8. The van der Waals surface area contributed by atoms with E-state index in [0.29, 0.717) is 57.9 Å². The summed E-state index contributed by atoms with van der Waals surface area (Å²) in [4.78, 5) is 15.4. The molecule has 0 N–H and O–H groups in total. The molecule has 12 aromatic rings. The lowest BCUT2D eigenvalue weighted by atomic mass is 9.48.